The molecule has 1 amide bonds. The molecule has 1 heterocycles. The molecule has 0 saturated heterocycles. The van der Waals surface area contributed by atoms with Gasteiger partial charge in [0.2, 0.25) is 0 Å². The molecule has 1 aromatic carbocycles. The number of hydrogen-bond acceptors (Lipinski definition) is 4. The van der Waals surface area contributed by atoms with Gasteiger partial charge in [0.1, 0.15) is 11.6 Å². The van der Waals surface area contributed by atoms with E-state index < -0.39 is 0 Å². The Kier molecular flexibility index (Phi) is 5.46. The highest BCUT2D eigenvalue weighted by Crippen LogP contribution is 2.22. The van der Waals surface area contributed by atoms with E-state index in [9.17, 15) is 9.18 Å². The summed E-state index contributed by atoms with van der Waals surface area (Å²) in [6.07, 6.45) is 0. The number of halogens is 2. The second-order valence-electron chi connectivity index (χ2n) is 4.08. The van der Waals surface area contributed by atoms with Gasteiger partial charge in [0, 0.05) is 0 Å². The molecule has 110 valence electrons. The van der Waals surface area contributed by atoms with Gasteiger partial charge in [0.05, 0.1) is 14.4 Å². The Morgan fingerprint density at radius 3 is 2.67 bits per heavy atom. The number of hydrazone groups is 1. The summed E-state index contributed by atoms with van der Waals surface area (Å²) in [5.74, 6) is -0.308. The van der Waals surface area contributed by atoms with Crippen molar-refractivity contribution in [3.05, 3.63) is 50.9 Å². The summed E-state index contributed by atoms with van der Waals surface area (Å²) in [5, 5.41) is 4.00. The Hall–Kier alpha value is -1.73. The SMILES string of the molecule is CC(=NNC(=O)COc1ccc(F)cc1)c1ccc(Br)s1. The molecule has 0 aliphatic heterocycles. The van der Waals surface area contributed by atoms with E-state index in [2.05, 4.69) is 26.5 Å². The van der Waals surface area contributed by atoms with Crippen molar-refractivity contribution in [2.75, 3.05) is 6.61 Å². The van der Waals surface area contributed by atoms with Gasteiger partial charge in [-0.1, -0.05) is 0 Å². The summed E-state index contributed by atoms with van der Waals surface area (Å²) >= 11 is 4.89. The third kappa shape index (κ3) is 4.95. The Balaban J connectivity index is 1.83. The van der Waals surface area contributed by atoms with Crippen LogP contribution in [0.15, 0.2) is 45.3 Å². The first kappa shape index (κ1) is 15.7. The second-order valence-corrected chi connectivity index (χ2v) is 6.54. The molecule has 0 saturated carbocycles. The zero-order valence-corrected chi connectivity index (χ0v) is 13.5. The van der Waals surface area contributed by atoms with Crippen molar-refractivity contribution in [1.29, 1.82) is 0 Å². The van der Waals surface area contributed by atoms with Crippen LogP contribution >= 0.6 is 27.3 Å². The van der Waals surface area contributed by atoms with E-state index in [4.69, 9.17) is 4.74 Å². The van der Waals surface area contributed by atoms with Crippen LogP contribution in [0.3, 0.4) is 0 Å². The lowest BCUT2D eigenvalue weighted by Crippen LogP contribution is -2.25. The Morgan fingerprint density at radius 2 is 2.05 bits per heavy atom. The van der Waals surface area contributed by atoms with Gasteiger partial charge in [-0.3, -0.25) is 4.79 Å². The number of nitrogens with one attached hydrogen (secondary N) is 1. The van der Waals surface area contributed by atoms with Gasteiger partial charge in [-0.05, 0) is 59.3 Å². The largest absolute Gasteiger partial charge is 0.484 e. The summed E-state index contributed by atoms with van der Waals surface area (Å²) in [5.41, 5.74) is 3.12. The molecule has 0 radical (unpaired) electrons. The molecule has 21 heavy (non-hydrogen) atoms. The molecule has 0 fully saturated rings. The molecule has 2 rings (SSSR count). The second kappa shape index (κ2) is 7.33. The molecule has 0 bridgehead atoms. The van der Waals surface area contributed by atoms with Crippen LogP contribution in [0, 0.1) is 5.82 Å². The van der Waals surface area contributed by atoms with Crippen molar-refractivity contribution in [2.45, 2.75) is 6.92 Å². The Morgan fingerprint density at radius 1 is 1.33 bits per heavy atom. The highest BCUT2D eigenvalue weighted by molar-refractivity contribution is 9.11. The highest BCUT2D eigenvalue weighted by Gasteiger charge is 2.04. The number of amides is 1. The van der Waals surface area contributed by atoms with E-state index in [1.54, 1.807) is 6.92 Å². The van der Waals surface area contributed by atoms with Crippen molar-refractivity contribution >= 4 is 38.9 Å². The lowest BCUT2D eigenvalue weighted by Gasteiger charge is -2.05. The molecular formula is C14H12BrFN2O2S. The molecule has 1 N–H and O–H groups in total. The Bertz CT molecular complexity index is 655. The molecule has 0 aliphatic carbocycles. The third-order valence-electron chi connectivity index (χ3n) is 2.46. The summed E-state index contributed by atoms with van der Waals surface area (Å²) < 4.78 is 18.9. The molecule has 0 unspecified atom stereocenters. The molecule has 0 atom stereocenters. The molecule has 2 aromatic rings. The minimum atomic E-state index is -0.380. The maximum atomic E-state index is 12.7. The number of nitrogens with zero attached hydrogens (tertiary/aromatic N) is 1. The van der Waals surface area contributed by atoms with Crippen LogP contribution in [0.4, 0.5) is 4.39 Å². The quantitative estimate of drug-likeness (QED) is 0.645. The predicted octanol–water partition coefficient (Wildman–Crippen LogP) is 3.57. The number of benzene rings is 1. The average molecular weight is 371 g/mol. The molecule has 4 nitrogen and oxygen atoms in total. The van der Waals surface area contributed by atoms with Gasteiger partial charge < -0.3 is 4.74 Å². The lowest BCUT2D eigenvalue weighted by atomic mass is 10.3. The number of thiophene rings is 1. The predicted molar refractivity (Wildman–Crippen MR) is 84.3 cm³/mol. The standard InChI is InChI=1S/C14H12BrFN2O2S/c1-9(12-6-7-13(15)21-12)17-18-14(19)8-20-11-4-2-10(16)3-5-11/h2-7H,8H2,1H3,(H,18,19). The number of rotatable bonds is 5. The molecular weight excluding hydrogens is 359 g/mol. The third-order valence-corrected chi connectivity index (χ3v) is 4.19. The van der Waals surface area contributed by atoms with E-state index in [0.29, 0.717) is 11.5 Å². The first-order chi connectivity index (χ1) is 10.0. The lowest BCUT2D eigenvalue weighted by molar-refractivity contribution is -0.123. The Labute approximate surface area is 133 Å². The van der Waals surface area contributed by atoms with Crippen LogP contribution < -0.4 is 10.2 Å². The summed E-state index contributed by atoms with van der Waals surface area (Å²) in [6, 6.07) is 9.28. The first-order valence-electron chi connectivity index (χ1n) is 6.02. The fourth-order valence-electron chi connectivity index (χ4n) is 1.42. The monoisotopic (exact) mass is 370 g/mol. The smallest absolute Gasteiger partial charge is 0.277 e. The number of carbonyl (C=O) groups excluding carboxylic acids is 1. The topological polar surface area (TPSA) is 50.7 Å². The van der Waals surface area contributed by atoms with Crippen LogP contribution in [-0.2, 0) is 4.79 Å². The number of ether oxygens (including phenoxy) is 1. The minimum absolute atomic E-state index is 0.184. The van der Waals surface area contributed by atoms with E-state index in [0.717, 1.165) is 8.66 Å². The average Bonchev–Trinajstić information content (AvgIpc) is 2.91. The fourth-order valence-corrected chi connectivity index (χ4v) is 2.75. The van der Waals surface area contributed by atoms with Gasteiger partial charge in [-0.25, -0.2) is 9.82 Å². The maximum absolute atomic E-state index is 12.7. The molecule has 7 heteroatoms. The van der Waals surface area contributed by atoms with Gasteiger partial charge in [0.15, 0.2) is 6.61 Å². The van der Waals surface area contributed by atoms with Crippen molar-refractivity contribution in [2.24, 2.45) is 5.10 Å². The molecule has 0 aliphatic rings. The normalized spacial score (nSPS) is 11.3. The van der Waals surface area contributed by atoms with Crippen molar-refractivity contribution in [3.8, 4) is 5.75 Å². The number of carbonyl (C=O) groups is 1. The van der Waals surface area contributed by atoms with Gasteiger partial charge >= 0.3 is 0 Å². The first-order valence-corrected chi connectivity index (χ1v) is 7.63. The zero-order valence-electron chi connectivity index (χ0n) is 11.1. The number of hydrogen-bond donors (Lipinski definition) is 1. The summed E-state index contributed by atoms with van der Waals surface area (Å²) in [7, 11) is 0. The van der Waals surface area contributed by atoms with E-state index >= 15 is 0 Å². The fraction of sp³-hybridized carbons (Fsp3) is 0.143. The van der Waals surface area contributed by atoms with E-state index in [-0.39, 0.29) is 18.3 Å². The van der Waals surface area contributed by atoms with E-state index in [1.807, 2.05) is 12.1 Å². The van der Waals surface area contributed by atoms with Crippen LogP contribution in [-0.4, -0.2) is 18.2 Å². The highest BCUT2D eigenvalue weighted by atomic mass is 79.9. The van der Waals surface area contributed by atoms with Crippen LogP contribution in [0.25, 0.3) is 0 Å². The summed E-state index contributed by atoms with van der Waals surface area (Å²) in [4.78, 5) is 12.6. The van der Waals surface area contributed by atoms with Gasteiger partial charge in [0.25, 0.3) is 5.91 Å². The van der Waals surface area contributed by atoms with Gasteiger partial charge in [-0.2, -0.15) is 5.10 Å². The van der Waals surface area contributed by atoms with Crippen LogP contribution in [0.5, 0.6) is 5.75 Å². The van der Waals surface area contributed by atoms with Crippen molar-refractivity contribution < 1.29 is 13.9 Å². The van der Waals surface area contributed by atoms with Crippen molar-refractivity contribution in [1.82, 2.24) is 5.43 Å². The van der Waals surface area contributed by atoms with Crippen LogP contribution in [0.2, 0.25) is 0 Å². The van der Waals surface area contributed by atoms with Gasteiger partial charge in [-0.15, -0.1) is 11.3 Å². The summed E-state index contributed by atoms with van der Waals surface area (Å²) in [6.45, 7) is 1.62. The zero-order chi connectivity index (χ0) is 15.2. The van der Waals surface area contributed by atoms with Crippen LogP contribution in [0.1, 0.15) is 11.8 Å². The maximum Gasteiger partial charge on any atom is 0.277 e. The van der Waals surface area contributed by atoms with Crippen molar-refractivity contribution in [3.63, 3.8) is 0 Å². The minimum Gasteiger partial charge on any atom is -0.484 e. The molecule has 0 spiro atoms. The molecule has 1 aromatic heterocycles. The van der Waals surface area contributed by atoms with E-state index in [1.165, 1.54) is 35.6 Å².